The number of cyclic esters (lactones) is 1. The van der Waals surface area contributed by atoms with Gasteiger partial charge in [-0.2, -0.15) is 0 Å². The summed E-state index contributed by atoms with van der Waals surface area (Å²) in [6, 6.07) is 6.37. The van der Waals surface area contributed by atoms with Crippen molar-refractivity contribution in [2.45, 2.75) is 10.4 Å². The number of amides is 1. The Kier molecular flexibility index (Phi) is 4.20. The molecule has 1 aromatic heterocycles. The second-order valence-electron chi connectivity index (χ2n) is 4.20. The second kappa shape index (κ2) is 6.27. The molecule has 0 spiro atoms. The van der Waals surface area contributed by atoms with Gasteiger partial charge in [-0.05, 0) is 12.1 Å². The van der Waals surface area contributed by atoms with E-state index >= 15 is 0 Å². The van der Waals surface area contributed by atoms with Crippen molar-refractivity contribution in [1.82, 2.24) is 15.5 Å². The number of aromatic nitrogens is 2. The van der Waals surface area contributed by atoms with Crippen LogP contribution in [0.25, 0.3) is 0 Å². The highest BCUT2D eigenvalue weighted by Crippen LogP contribution is 2.29. The number of benzene rings is 1. The third-order valence-electron chi connectivity index (χ3n) is 2.66. The first kappa shape index (κ1) is 14.1. The summed E-state index contributed by atoms with van der Waals surface area (Å²) in [5.41, 5.74) is 0.360. The summed E-state index contributed by atoms with van der Waals surface area (Å²) < 4.78 is 19.3. The van der Waals surface area contributed by atoms with Crippen molar-refractivity contribution in [2.75, 3.05) is 17.6 Å². The number of alkyl carbamates (subject to hydrolysis) is 1. The normalized spacial score (nSPS) is 17.4. The van der Waals surface area contributed by atoms with Crippen LogP contribution in [0, 0.1) is 5.82 Å². The van der Waals surface area contributed by atoms with Crippen molar-refractivity contribution in [3.63, 3.8) is 0 Å². The molecule has 1 saturated heterocycles. The van der Waals surface area contributed by atoms with Crippen LogP contribution in [0.5, 0.6) is 0 Å². The molecule has 2 N–H and O–H groups in total. The Morgan fingerprint density at radius 3 is 3.10 bits per heavy atom. The lowest BCUT2D eigenvalue weighted by molar-refractivity contribution is 0.150. The summed E-state index contributed by atoms with van der Waals surface area (Å²) in [6.07, 6.45) is -0.547. The average molecular weight is 326 g/mol. The van der Waals surface area contributed by atoms with Gasteiger partial charge in [-0.1, -0.05) is 35.2 Å². The molecule has 1 aliphatic rings. The van der Waals surface area contributed by atoms with E-state index in [2.05, 4.69) is 20.8 Å². The minimum absolute atomic E-state index is 0.158. The molecule has 0 radical (unpaired) electrons. The van der Waals surface area contributed by atoms with Crippen molar-refractivity contribution in [2.24, 2.45) is 0 Å². The molecular weight excluding hydrogens is 315 g/mol. The molecule has 1 aliphatic heterocycles. The van der Waals surface area contributed by atoms with Gasteiger partial charge in [0, 0.05) is 5.75 Å². The number of hydrogen-bond donors (Lipinski definition) is 2. The van der Waals surface area contributed by atoms with Gasteiger partial charge in [0.1, 0.15) is 11.9 Å². The number of carbonyl (C=O) groups is 1. The van der Waals surface area contributed by atoms with E-state index in [4.69, 9.17) is 4.74 Å². The largest absolute Gasteiger partial charge is 0.443 e. The van der Waals surface area contributed by atoms with E-state index in [0.717, 1.165) is 4.34 Å². The number of para-hydroxylation sites is 1. The quantitative estimate of drug-likeness (QED) is 0.823. The summed E-state index contributed by atoms with van der Waals surface area (Å²) >= 11 is 2.77. The van der Waals surface area contributed by atoms with Gasteiger partial charge < -0.3 is 15.4 Å². The smallest absolute Gasteiger partial charge is 0.407 e. The molecule has 1 atom stereocenters. The first-order valence-electron chi connectivity index (χ1n) is 6.13. The van der Waals surface area contributed by atoms with Gasteiger partial charge in [-0.25, -0.2) is 9.18 Å². The predicted octanol–water partition coefficient (Wildman–Crippen LogP) is 2.62. The van der Waals surface area contributed by atoms with Crippen molar-refractivity contribution in [3.8, 4) is 0 Å². The Hall–Kier alpha value is -1.87. The van der Waals surface area contributed by atoms with Gasteiger partial charge >= 0.3 is 6.09 Å². The van der Waals surface area contributed by atoms with Crippen molar-refractivity contribution in [3.05, 3.63) is 30.1 Å². The maximum Gasteiger partial charge on any atom is 0.407 e. The molecule has 0 saturated carbocycles. The molecule has 6 nitrogen and oxygen atoms in total. The Morgan fingerprint density at radius 2 is 2.33 bits per heavy atom. The predicted molar refractivity (Wildman–Crippen MR) is 78.6 cm³/mol. The molecule has 21 heavy (non-hydrogen) atoms. The van der Waals surface area contributed by atoms with Gasteiger partial charge in [0.15, 0.2) is 4.34 Å². The highest BCUT2D eigenvalue weighted by atomic mass is 32.2. The topological polar surface area (TPSA) is 76.1 Å². The fourth-order valence-corrected chi connectivity index (χ4v) is 3.46. The zero-order valence-corrected chi connectivity index (χ0v) is 12.3. The van der Waals surface area contributed by atoms with Crippen molar-refractivity contribution in [1.29, 1.82) is 0 Å². The van der Waals surface area contributed by atoms with Gasteiger partial charge in [0.25, 0.3) is 0 Å². The van der Waals surface area contributed by atoms with Crippen LogP contribution in [0.2, 0.25) is 0 Å². The summed E-state index contributed by atoms with van der Waals surface area (Å²) in [5, 5.41) is 14.0. The fourth-order valence-electron chi connectivity index (χ4n) is 1.69. The van der Waals surface area contributed by atoms with Crippen LogP contribution in [0.15, 0.2) is 28.6 Å². The number of halogens is 1. The molecule has 1 fully saturated rings. The van der Waals surface area contributed by atoms with Gasteiger partial charge in [-0.3, -0.25) is 0 Å². The molecule has 0 aliphatic carbocycles. The zero-order chi connectivity index (χ0) is 14.7. The van der Waals surface area contributed by atoms with Crippen LogP contribution in [0.4, 0.5) is 20.0 Å². The minimum atomic E-state index is -0.389. The zero-order valence-electron chi connectivity index (χ0n) is 10.7. The van der Waals surface area contributed by atoms with E-state index in [0.29, 0.717) is 23.1 Å². The first-order valence-corrected chi connectivity index (χ1v) is 7.93. The highest BCUT2D eigenvalue weighted by Gasteiger charge is 2.23. The van der Waals surface area contributed by atoms with E-state index in [1.165, 1.54) is 29.2 Å². The van der Waals surface area contributed by atoms with Crippen molar-refractivity contribution < 1.29 is 13.9 Å². The lowest BCUT2D eigenvalue weighted by Crippen LogP contribution is -2.16. The SMILES string of the molecule is O=C1NCC(CSc2nnc(Nc3ccccc3F)s2)O1. The monoisotopic (exact) mass is 326 g/mol. The number of nitrogens with one attached hydrogen (secondary N) is 2. The Balaban J connectivity index is 1.56. The van der Waals surface area contributed by atoms with Crippen LogP contribution in [0.1, 0.15) is 0 Å². The van der Waals surface area contributed by atoms with E-state index in [1.807, 2.05) is 0 Å². The number of carbonyl (C=O) groups excluding carboxylic acids is 1. The van der Waals surface area contributed by atoms with Crippen LogP contribution in [0.3, 0.4) is 0 Å². The molecule has 1 unspecified atom stereocenters. The highest BCUT2D eigenvalue weighted by molar-refractivity contribution is 8.01. The Labute approximate surface area is 128 Å². The Bertz CT molecular complexity index is 652. The van der Waals surface area contributed by atoms with Gasteiger partial charge in [0.05, 0.1) is 12.2 Å². The third kappa shape index (κ3) is 3.61. The number of anilines is 2. The minimum Gasteiger partial charge on any atom is -0.443 e. The molecule has 110 valence electrons. The molecule has 2 aromatic rings. The number of nitrogens with zero attached hydrogens (tertiary/aromatic N) is 2. The lowest BCUT2D eigenvalue weighted by atomic mass is 10.3. The molecule has 1 amide bonds. The summed E-state index contributed by atoms with van der Waals surface area (Å²) in [5.74, 6) is 0.262. The van der Waals surface area contributed by atoms with E-state index in [1.54, 1.807) is 18.2 Å². The van der Waals surface area contributed by atoms with Crippen LogP contribution < -0.4 is 10.6 Å². The molecule has 1 aromatic carbocycles. The molecule has 9 heteroatoms. The molecule has 2 heterocycles. The number of hydrogen-bond acceptors (Lipinski definition) is 7. The maximum atomic E-state index is 13.5. The van der Waals surface area contributed by atoms with Crippen LogP contribution in [-0.2, 0) is 4.74 Å². The van der Waals surface area contributed by atoms with E-state index < -0.39 is 0 Å². The van der Waals surface area contributed by atoms with Crippen LogP contribution in [-0.4, -0.2) is 34.7 Å². The molecule has 3 rings (SSSR count). The fraction of sp³-hybridized carbons (Fsp3) is 0.250. The van der Waals surface area contributed by atoms with Crippen molar-refractivity contribution >= 4 is 40.0 Å². The summed E-state index contributed by atoms with van der Waals surface area (Å²) in [7, 11) is 0. The van der Waals surface area contributed by atoms with Gasteiger partial charge in [-0.15, -0.1) is 10.2 Å². The molecular formula is C12H11FN4O2S2. The third-order valence-corrected chi connectivity index (χ3v) is 4.77. The number of thioether (sulfide) groups is 1. The lowest BCUT2D eigenvalue weighted by Gasteiger charge is -2.04. The molecule has 0 bridgehead atoms. The van der Waals surface area contributed by atoms with E-state index in [-0.39, 0.29) is 18.0 Å². The number of rotatable bonds is 5. The first-order chi connectivity index (χ1) is 10.2. The average Bonchev–Trinajstić information content (AvgIpc) is 3.08. The summed E-state index contributed by atoms with van der Waals surface area (Å²) in [4.78, 5) is 10.9. The number of ether oxygens (including phenoxy) is 1. The standard InChI is InChI=1S/C12H11FN4O2S2/c13-8-3-1-2-4-9(8)15-10-16-17-12(21-10)20-6-7-5-14-11(18)19-7/h1-4,7H,5-6H2,(H,14,18)(H,15,16). The summed E-state index contributed by atoms with van der Waals surface area (Å²) in [6.45, 7) is 0.505. The second-order valence-corrected chi connectivity index (χ2v) is 6.44. The van der Waals surface area contributed by atoms with Gasteiger partial charge in [0.2, 0.25) is 5.13 Å². The Morgan fingerprint density at radius 1 is 1.48 bits per heavy atom. The maximum absolute atomic E-state index is 13.5. The van der Waals surface area contributed by atoms with E-state index in [9.17, 15) is 9.18 Å². The van der Waals surface area contributed by atoms with Crippen LogP contribution >= 0.6 is 23.1 Å².